The molecule has 0 saturated carbocycles. The Labute approximate surface area is 117 Å². The number of rotatable bonds is 2. The van der Waals surface area contributed by atoms with Crippen molar-refractivity contribution in [3.63, 3.8) is 0 Å². The first-order valence-electron chi connectivity index (χ1n) is 5.05. The van der Waals surface area contributed by atoms with Crippen LogP contribution in [0.25, 0.3) is 0 Å². The van der Waals surface area contributed by atoms with Gasteiger partial charge in [-0.2, -0.15) is 0 Å². The van der Waals surface area contributed by atoms with Crippen LogP contribution in [-0.2, 0) is 7.05 Å². The lowest BCUT2D eigenvalue weighted by atomic mass is 10.3. The highest BCUT2D eigenvalue weighted by Gasteiger charge is 2.13. The largest absolute Gasteiger partial charge is 0.345 e. The Morgan fingerprint density at radius 3 is 2.72 bits per heavy atom. The smallest absolute Gasteiger partial charge is 0.272 e. The fourth-order valence-corrected chi connectivity index (χ4v) is 2.21. The first-order valence-corrected chi connectivity index (χ1v) is 6.23. The van der Waals surface area contributed by atoms with Crippen LogP contribution in [0.15, 0.2) is 34.9 Å². The molecule has 2 rings (SSSR count). The van der Waals surface area contributed by atoms with Crippen molar-refractivity contribution in [2.45, 2.75) is 0 Å². The number of carbonyl (C=O) groups excluding carboxylic acids is 1. The molecule has 0 bridgehead atoms. The molecule has 0 unspecified atom stereocenters. The molecule has 0 atom stereocenters. The summed E-state index contributed by atoms with van der Waals surface area (Å²) < 4.78 is 15.9. The average Bonchev–Trinajstić information content (AvgIpc) is 2.62. The lowest BCUT2D eigenvalue weighted by Crippen LogP contribution is -2.16. The second-order valence-corrected chi connectivity index (χ2v) is 5.08. The van der Waals surface area contributed by atoms with Gasteiger partial charge in [-0.15, -0.1) is 0 Å². The molecule has 1 N–H and O–H groups in total. The third-order valence-electron chi connectivity index (χ3n) is 2.38. The quantitative estimate of drug-likeness (QED) is 0.891. The van der Waals surface area contributed by atoms with Crippen molar-refractivity contribution in [3.8, 4) is 0 Å². The third-order valence-corrected chi connectivity index (χ3v) is 3.05. The van der Waals surface area contributed by atoms with E-state index in [1.165, 1.54) is 12.1 Å². The molecule has 2 aromatic rings. The summed E-state index contributed by atoms with van der Waals surface area (Å²) in [6, 6.07) is 5.75. The number of amides is 1. The van der Waals surface area contributed by atoms with Gasteiger partial charge in [0.25, 0.3) is 5.91 Å². The second-order valence-electron chi connectivity index (χ2n) is 3.73. The van der Waals surface area contributed by atoms with Gasteiger partial charge in [-0.1, -0.05) is 11.6 Å². The SMILES string of the molecule is Cn1cc(Br)cc1C(=O)Nc1ccc(Cl)cc1F. The predicted octanol–water partition coefficient (Wildman–Crippen LogP) is 3.83. The lowest BCUT2D eigenvalue weighted by Gasteiger charge is -2.07. The molecule has 6 heteroatoms. The standard InChI is InChI=1S/C12H9BrClFN2O/c1-17-6-7(13)4-11(17)12(18)16-10-3-2-8(14)5-9(10)15/h2-6H,1H3,(H,16,18). The number of benzene rings is 1. The van der Waals surface area contributed by atoms with Gasteiger partial charge in [0.15, 0.2) is 0 Å². The number of aromatic nitrogens is 1. The number of hydrogen-bond donors (Lipinski definition) is 1. The molecule has 0 aliphatic rings. The minimum Gasteiger partial charge on any atom is -0.345 e. The van der Waals surface area contributed by atoms with Crippen molar-refractivity contribution in [1.82, 2.24) is 4.57 Å². The van der Waals surface area contributed by atoms with E-state index in [0.29, 0.717) is 5.69 Å². The summed E-state index contributed by atoms with van der Waals surface area (Å²) in [4.78, 5) is 11.9. The zero-order valence-electron chi connectivity index (χ0n) is 9.38. The molecular formula is C12H9BrClFN2O. The van der Waals surface area contributed by atoms with Gasteiger partial charge in [0.1, 0.15) is 11.5 Å². The van der Waals surface area contributed by atoms with Crippen LogP contribution in [0.4, 0.5) is 10.1 Å². The van der Waals surface area contributed by atoms with Gasteiger partial charge in [-0.05, 0) is 40.2 Å². The zero-order chi connectivity index (χ0) is 13.3. The summed E-state index contributed by atoms with van der Waals surface area (Å²) >= 11 is 8.90. The summed E-state index contributed by atoms with van der Waals surface area (Å²) in [5, 5.41) is 2.78. The molecule has 1 heterocycles. The average molecular weight is 332 g/mol. The maximum Gasteiger partial charge on any atom is 0.272 e. The minimum atomic E-state index is -0.566. The monoisotopic (exact) mass is 330 g/mol. The maximum absolute atomic E-state index is 13.5. The molecule has 1 amide bonds. The van der Waals surface area contributed by atoms with E-state index in [2.05, 4.69) is 21.2 Å². The van der Waals surface area contributed by atoms with Crippen LogP contribution < -0.4 is 5.32 Å². The van der Waals surface area contributed by atoms with E-state index in [4.69, 9.17) is 11.6 Å². The summed E-state index contributed by atoms with van der Waals surface area (Å²) in [5.41, 5.74) is 0.526. The van der Waals surface area contributed by atoms with Crippen LogP contribution in [0, 0.1) is 5.82 Å². The Morgan fingerprint density at radius 2 is 2.17 bits per heavy atom. The number of aryl methyl sites for hydroxylation is 1. The van der Waals surface area contributed by atoms with Gasteiger partial charge in [0.05, 0.1) is 5.69 Å². The molecule has 18 heavy (non-hydrogen) atoms. The van der Waals surface area contributed by atoms with Gasteiger partial charge in [-0.3, -0.25) is 4.79 Å². The fraction of sp³-hybridized carbons (Fsp3) is 0.0833. The van der Waals surface area contributed by atoms with Crippen LogP contribution in [-0.4, -0.2) is 10.5 Å². The molecule has 0 radical (unpaired) electrons. The number of nitrogens with zero attached hydrogens (tertiary/aromatic N) is 1. The molecule has 94 valence electrons. The number of anilines is 1. The van der Waals surface area contributed by atoms with E-state index in [1.54, 1.807) is 23.9 Å². The highest BCUT2D eigenvalue weighted by molar-refractivity contribution is 9.10. The van der Waals surface area contributed by atoms with Gasteiger partial charge in [0.2, 0.25) is 0 Å². The summed E-state index contributed by atoms with van der Waals surface area (Å²) in [6.45, 7) is 0. The molecular weight excluding hydrogens is 322 g/mol. The van der Waals surface area contributed by atoms with Crippen LogP contribution >= 0.6 is 27.5 Å². The number of halogens is 3. The van der Waals surface area contributed by atoms with Gasteiger partial charge in [0, 0.05) is 22.7 Å². The summed E-state index contributed by atoms with van der Waals surface area (Å²) in [7, 11) is 1.73. The van der Waals surface area contributed by atoms with E-state index in [-0.39, 0.29) is 16.6 Å². The fourth-order valence-electron chi connectivity index (χ4n) is 1.53. The Hall–Kier alpha value is -1.33. The molecule has 3 nitrogen and oxygen atoms in total. The maximum atomic E-state index is 13.5. The van der Waals surface area contributed by atoms with Gasteiger partial charge < -0.3 is 9.88 Å². The Morgan fingerprint density at radius 1 is 1.44 bits per heavy atom. The molecule has 0 aliphatic carbocycles. The van der Waals surface area contributed by atoms with Crippen molar-refractivity contribution >= 4 is 39.1 Å². The first kappa shape index (κ1) is 13.1. The highest BCUT2D eigenvalue weighted by Crippen LogP contribution is 2.20. The number of nitrogens with one attached hydrogen (secondary N) is 1. The zero-order valence-corrected chi connectivity index (χ0v) is 11.7. The van der Waals surface area contributed by atoms with Crippen molar-refractivity contribution in [2.75, 3.05) is 5.32 Å². The Kier molecular flexibility index (Phi) is 3.73. The van der Waals surface area contributed by atoms with Gasteiger partial charge >= 0.3 is 0 Å². The molecule has 0 fully saturated rings. The second kappa shape index (κ2) is 5.12. The van der Waals surface area contributed by atoms with E-state index in [1.807, 2.05) is 0 Å². The summed E-state index contributed by atoms with van der Waals surface area (Å²) in [6.07, 6.45) is 1.74. The topological polar surface area (TPSA) is 34.0 Å². The normalized spacial score (nSPS) is 10.4. The van der Waals surface area contributed by atoms with Crippen molar-refractivity contribution in [1.29, 1.82) is 0 Å². The highest BCUT2D eigenvalue weighted by atomic mass is 79.9. The molecule has 0 aliphatic heterocycles. The lowest BCUT2D eigenvalue weighted by molar-refractivity contribution is 0.101. The van der Waals surface area contributed by atoms with Crippen molar-refractivity contribution < 1.29 is 9.18 Å². The number of hydrogen-bond acceptors (Lipinski definition) is 1. The van der Waals surface area contributed by atoms with E-state index >= 15 is 0 Å². The predicted molar refractivity (Wildman–Crippen MR) is 72.5 cm³/mol. The van der Waals surface area contributed by atoms with E-state index in [9.17, 15) is 9.18 Å². The Balaban J connectivity index is 2.24. The Bertz CT molecular complexity index is 612. The minimum absolute atomic E-state index is 0.0988. The van der Waals surface area contributed by atoms with Crippen LogP contribution in [0.2, 0.25) is 5.02 Å². The third kappa shape index (κ3) is 2.73. The van der Waals surface area contributed by atoms with Crippen molar-refractivity contribution in [3.05, 3.63) is 51.5 Å². The molecule has 0 saturated heterocycles. The molecule has 0 spiro atoms. The molecule has 1 aromatic carbocycles. The van der Waals surface area contributed by atoms with Crippen LogP contribution in [0.1, 0.15) is 10.5 Å². The van der Waals surface area contributed by atoms with Crippen molar-refractivity contribution in [2.24, 2.45) is 7.05 Å². The van der Waals surface area contributed by atoms with Crippen LogP contribution in [0.5, 0.6) is 0 Å². The summed E-state index contributed by atoms with van der Waals surface area (Å²) in [5.74, 6) is -0.950. The molecule has 1 aromatic heterocycles. The number of carbonyl (C=O) groups is 1. The van der Waals surface area contributed by atoms with E-state index in [0.717, 1.165) is 10.5 Å². The van der Waals surface area contributed by atoms with Crippen LogP contribution in [0.3, 0.4) is 0 Å². The van der Waals surface area contributed by atoms with E-state index < -0.39 is 5.82 Å². The first-order chi connectivity index (χ1) is 8.47. The van der Waals surface area contributed by atoms with Gasteiger partial charge in [-0.25, -0.2) is 4.39 Å².